The third-order valence-electron chi connectivity index (χ3n) is 3.34. The number of amides is 1. The predicted molar refractivity (Wildman–Crippen MR) is 65.4 cm³/mol. The predicted octanol–water partition coefficient (Wildman–Crippen LogP) is 1.46. The van der Waals surface area contributed by atoms with Gasteiger partial charge in [-0.15, -0.1) is 0 Å². The summed E-state index contributed by atoms with van der Waals surface area (Å²) < 4.78 is 5.21. The molecule has 1 fully saturated rings. The molecule has 17 heavy (non-hydrogen) atoms. The Morgan fingerprint density at radius 1 is 1.53 bits per heavy atom. The van der Waals surface area contributed by atoms with Gasteiger partial charge in [-0.1, -0.05) is 6.42 Å². The maximum atomic E-state index is 11.9. The molecular formula is C13H20N2O2. The van der Waals surface area contributed by atoms with Crippen molar-refractivity contribution in [2.24, 2.45) is 11.7 Å². The Bertz CT molecular complexity index is 348. The van der Waals surface area contributed by atoms with Crippen LogP contribution in [0.3, 0.4) is 0 Å². The van der Waals surface area contributed by atoms with E-state index in [2.05, 4.69) is 5.32 Å². The van der Waals surface area contributed by atoms with Crippen molar-refractivity contribution in [1.29, 1.82) is 0 Å². The highest BCUT2D eigenvalue weighted by molar-refractivity contribution is 5.78. The Morgan fingerprint density at radius 3 is 3.12 bits per heavy atom. The van der Waals surface area contributed by atoms with Crippen LogP contribution in [-0.2, 0) is 11.2 Å². The molecule has 3 N–H and O–H groups in total. The van der Waals surface area contributed by atoms with Gasteiger partial charge in [-0.3, -0.25) is 4.79 Å². The lowest BCUT2D eigenvalue weighted by Crippen LogP contribution is -2.38. The number of hydrogen-bond donors (Lipinski definition) is 2. The minimum atomic E-state index is 0.107. The van der Waals surface area contributed by atoms with E-state index in [1.165, 1.54) is 0 Å². The summed E-state index contributed by atoms with van der Waals surface area (Å²) in [5, 5.41) is 2.96. The summed E-state index contributed by atoms with van der Waals surface area (Å²) in [6.45, 7) is 0.637. The Kier molecular flexibility index (Phi) is 4.20. The molecule has 0 bridgehead atoms. The average molecular weight is 236 g/mol. The van der Waals surface area contributed by atoms with E-state index in [4.69, 9.17) is 10.2 Å². The number of rotatable bonds is 4. The molecule has 1 aromatic heterocycles. The minimum absolute atomic E-state index is 0.107. The minimum Gasteiger partial charge on any atom is -0.469 e. The van der Waals surface area contributed by atoms with Crippen LogP contribution in [0.5, 0.6) is 0 Å². The first-order valence-corrected chi connectivity index (χ1v) is 6.31. The summed E-state index contributed by atoms with van der Waals surface area (Å²) in [6, 6.07) is 3.98. The fourth-order valence-corrected chi connectivity index (χ4v) is 2.37. The highest BCUT2D eigenvalue weighted by Gasteiger charge is 2.24. The maximum absolute atomic E-state index is 11.9. The van der Waals surface area contributed by atoms with Crippen LogP contribution >= 0.6 is 0 Å². The van der Waals surface area contributed by atoms with Crippen molar-refractivity contribution >= 4 is 5.91 Å². The van der Waals surface area contributed by atoms with Crippen molar-refractivity contribution < 1.29 is 9.21 Å². The Labute approximate surface area is 102 Å². The molecule has 0 aliphatic heterocycles. The van der Waals surface area contributed by atoms with Gasteiger partial charge in [-0.05, 0) is 31.4 Å². The van der Waals surface area contributed by atoms with Gasteiger partial charge in [0.2, 0.25) is 5.91 Å². The van der Waals surface area contributed by atoms with Crippen LogP contribution in [0.4, 0.5) is 0 Å². The van der Waals surface area contributed by atoms with Crippen molar-refractivity contribution in [3.63, 3.8) is 0 Å². The summed E-state index contributed by atoms with van der Waals surface area (Å²) in [7, 11) is 0. The quantitative estimate of drug-likeness (QED) is 0.831. The van der Waals surface area contributed by atoms with Gasteiger partial charge in [0.25, 0.3) is 0 Å². The number of carbonyl (C=O) groups is 1. The third-order valence-corrected chi connectivity index (χ3v) is 3.34. The number of hydrogen-bond acceptors (Lipinski definition) is 3. The second-order valence-electron chi connectivity index (χ2n) is 4.74. The molecule has 2 atom stereocenters. The van der Waals surface area contributed by atoms with Crippen molar-refractivity contribution in [2.45, 2.75) is 38.1 Å². The smallest absolute Gasteiger partial charge is 0.223 e. The topological polar surface area (TPSA) is 68.3 Å². The zero-order chi connectivity index (χ0) is 12.1. The van der Waals surface area contributed by atoms with Crippen molar-refractivity contribution in [2.75, 3.05) is 6.54 Å². The molecule has 2 unspecified atom stereocenters. The molecule has 0 radical (unpaired) electrons. The summed E-state index contributed by atoms with van der Waals surface area (Å²) in [5.41, 5.74) is 5.87. The Balaban J connectivity index is 1.70. The molecule has 1 amide bonds. The largest absolute Gasteiger partial charge is 0.469 e. The zero-order valence-electron chi connectivity index (χ0n) is 10.0. The lowest BCUT2D eigenvalue weighted by Gasteiger charge is -2.25. The van der Waals surface area contributed by atoms with E-state index in [-0.39, 0.29) is 17.9 Å². The normalized spacial score (nSPS) is 24.5. The van der Waals surface area contributed by atoms with E-state index < -0.39 is 0 Å². The van der Waals surface area contributed by atoms with Gasteiger partial charge in [0.1, 0.15) is 5.76 Å². The molecule has 1 aliphatic rings. The zero-order valence-corrected chi connectivity index (χ0v) is 10.0. The first kappa shape index (κ1) is 12.2. The number of furan rings is 1. The average Bonchev–Trinajstić information content (AvgIpc) is 2.82. The van der Waals surface area contributed by atoms with Crippen LogP contribution in [0.25, 0.3) is 0 Å². The van der Waals surface area contributed by atoms with Crippen molar-refractivity contribution in [3.8, 4) is 0 Å². The van der Waals surface area contributed by atoms with Crippen LogP contribution in [0.15, 0.2) is 22.8 Å². The first-order valence-electron chi connectivity index (χ1n) is 6.31. The fourth-order valence-electron chi connectivity index (χ4n) is 2.37. The lowest BCUT2D eigenvalue weighted by molar-refractivity contribution is -0.126. The van der Waals surface area contributed by atoms with E-state index in [0.29, 0.717) is 6.54 Å². The lowest BCUT2D eigenvalue weighted by atomic mass is 9.85. The summed E-state index contributed by atoms with van der Waals surface area (Å²) in [5.74, 6) is 1.16. The van der Waals surface area contributed by atoms with Gasteiger partial charge in [-0.25, -0.2) is 0 Å². The summed E-state index contributed by atoms with van der Waals surface area (Å²) in [6.07, 6.45) is 6.31. The van der Waals surface area contributed by atoms with Gasteiger partial charge < -0.3 is 15.5 Å². The Morgan fingerprint density at radius 2 is 2.41 bits per heavy atom. The van der Waals surface area contributed by atoms with Crippen LogP contribution in [0.1, 0.15) is 31.4 Å². The number of nitrogens with one attached hydrogen (secondary N) is 1. The first-order chi connectivity index (χ1) is 8.25. The molecule has 1 heterocycles. The van der Waals surface area contributed by atoms with Gasteiger partial charge in [-0.2, -0.15) is 0 Å². The van der Waals surface area contributed by atoms with E-state index in [1.54, 1.807) is 6.26 Å². The number of carbonyl (C=O) groups excluding carboxylic acids is 1. The van der Waals surface area contributed by atoms with E-state index in [9.17, 15) is 4.79 Å². The molecule has 4 heteroatoms. The molecule has 94 valence electrons. The van der Waals surface area contributed by atoms with Crippen molar-refractivity contribution in [1.82, 2.24) is 5.32 Å². The van der Waals surface area contributed by atoms with E-state index in [1.807, 2.05) is 12.1 Å². The highest BCUT2D eigenvalue weighted by Crippen LogP contribution is 2.22. The molecule has 0 saturated heterocycles. The Hall–Kier alpha value is -1.29. The van der Waals surface area contributed by atoms with Crippen molar-refractivity contribution in [3.05, 3.63) is 24.2 Å². The summed E-state index contributed by atoms with van der Waals surface area (Å²) in [4.78, 5) is 11.9. The molecule has 1 aromatic rings. The number of nitrogens with two attached hydrogens (primary N) is 1. The van der Waals surface area contributed by atoms with Crippen LogP contribution in [-0.4, -0.2) is 18.5 Å². The molecule has 2 rings (SSSR count). The van der Waals surface area contributed by atoms with E-state index in [0.717, 1.165) is 37.9 Å². The summed E-state index contributed by atoms with van der Waals surface area (Å²) >= 11 is 0. The second kappa shape index (κ2) is 5.87. The maximum Gasteiger partial charge on any atom is 0.223 e. The van der Waals surface area contributed by atoms with Crippen LogP contribution < -0.4 is 11.1 Å². The van der Waals surface area contributed by atoms with Crippen LogP contribution in [0, 0.1) is 5.92 Å². The van der Waals surface area contributed by atoms with Gasteiger partial charge in [0, 0.05) is 24.9 Å². The van der Waals surface area contributed by atoms with Gasteiger partial charge in [0.05, 0.1) is 6.26 Å². The second-order valence-corrected chi connectivity index (χ2v) is 4.74. The molecule has 4 nitrogen and oxygen atoms in total. The van der Waals surface area contributed by atoms with Gasteiger partial charge in [0.15, 0.2) is 0 Å². The molecule has 0 spiro atoms. The standard InChI is InChI=1S/C13H20N2O2/c14-11-4-1-3-10(9-11)13(16)15-7-6-12-5-2-8-17-12/h2,5,8,10-11H,1,3-4,6-7,9,14H2,(H,15,16). The molecule has 0 aromatic carbocycles. The van der Waals surface area contributed by atoms with Gasteiger partial charge >= 0.3 is 0 Å². The fraction of sp³-hybridized carbons (Fsp3) is 0.615. The third kappa shape index (κ3) is 3.60. The van der Waals surface area contributed by atoms with Crippen LogP contribution in [0.2, 0.25) is 0 Å². The molecular weight excluding hydrogens is 216 g/mol. The SMILES string of the molecule is NC1CCCC(C(=O)NCCc2ccco2)C1. The molecule has 1 saturated carbocycles. The highest BCUT2D eigenvalue weighted by atomic mass is 16.3. The molecule has 1 aliphatic carbocycles. The monoisotopic (exact) mass is 236 g/mol. The van der Waals surface area contributed by atoms with E-state index >= 15 is 0 Å².